The van der Waals surface area contributed by atoms with E-state index in [1.54, 1.807) is 0 Å². The monoisotopic (exact) mass is 338 g/mol. The van der Waals surface area contributed by atoms with Crippen LogP contribution in [0.5, 0.6) is 0 Å². The number of piperidine rings is 1. The molecule has 0 saturated carbocycles. The molecule has 2 saturated heterocycles. The Bertz CT molecular complexity index is 588. The lowest BCUT2D eigenvalue weighted by Gasteiger charge is -2.46. The van der Waals surface area contributed by atoms with Crippen molar-refractivity contribution in [2.24, 2.45) is 0 Å². The maximum atomic E-state index is 3.61. The van der Waals surface area contributed by atoms with Gasteiger partial charge in [0.2, 0.25) is 0 Å². The third-order valence-electron chi connectivity index (χ3n) is 5.44. The molecule has 2 aliphatic rings. The third-order valence-corrected chi connectivity index (χ3v) is 7.01. The average Bonchev–Trinajstić information content (AvgIpc) is 2.66. The molecule has 2 nitrogen and oxygen atoms in total. The number of nitrogens with one attached hydrogen (secondary N) is 1. The number of rotatable bonds is 3. The molecule has 24 heavy (non-hydrogen) atoms. The number of likely N-dealkylation sites (tertiary alicyclic amines) is 1. The van der Waals surface area contributed by atoms with Gasteiger partial charge in [0.1, 0.15) is 0 Å². The maximum absolute atomic E-state index is 3.61. The molecular formula is C21H26N2S. The summed E-state index contributed by atoms with van der Waals surface area (Å²) in [6.45, 7) is 4.73. The van der Waals surface area contributed by atoms with Crippen molar-refractivity contribution in [3.8, 4) is 0 Å². The predicted molar refractivity (Wildman–Crippen MR) is 104 cm³/mol. The van der Waals surface area contributed by atoms with Crippen LogP contribution in [-0.2, 0) is 0 Å². The number of hydrogen-bond donors (Lipinski definition) is 1. The molecule has 0 atom stereocenters. The molecule has 0 unspecified atom stereocenters. The van der Waals surface area contributed by atoms with E-state index in [-0.39, 0.29) is 0 Å². The Morgan fingerprint density at radius 2 is 1.46 bits per heavy atom. The van der Waals surface area contributed by atoms with E-state index in [1.807, 2.05) is 0 Å². The minimum atomic E-state index is 0.381. The molecule has 126 valence electrons. The fourth-order valence-corrected chi connectivity index (χ4v) is 5.46. The second-order valence-electron chi connectivity index (χ2n) is 6.97. The van der Waals surface area contributed by atoms with Gasteiger partial charge in [-0.25, -0.2) is 0 Å². The van der Waals surface area contributed by atoms with Gasteiger partial charge in [0.15, 0.2) is 0 Å². The van der Waals surface area contributed by atoms with Crippen LogP contribution in [0.4, 0.5) is 0 Å². The van der Waals surface area contributed by atoms with E-state index < -0.39 is 0 Å². The van der Waals surface area contributed by atoms with E-state index >= 15 is 0 Å². The minimum Gasteiger partial charge on any atom is -0.315 e. The summed E-state index contributed by atoms with van der Waals surface area (Å²) in [7, 11) is 0. The summed E-state index contributed by atoms with van der Waals surface area (Å²) in [5.74, 6) is 1.26. The van der Waals surface area contributed by atoms with Crippen LogP contribution in [0.2, 0.25) is 0 Å². The summed E-state index contributed by atoms with van der Waals surface area (Å²) in [6, 6.07) is 22.4. The summed E-state index contributed by atoms with van der Waals surface area (Å²) in [5.41, 5.74) is 2.82. The predicted octanol–water partition coefficient (Wildman–Crippen LogP) is 3.95. The van der Waals surface area contributed by atoms with E-state index in [9.17, 15) is 0 Å². The van der Waals surface area contributed by atoms with Crippen molar-refractivity contribution >= 4 is 11.8 Å². The normalized spacial score (nSPS) is 21.2. The quantitative estimate of drug-likeness (QED) is 0.912. The summed E-state index contributed by atoms with van der Waals surface area (Å²) in [5, 5.41) is 3.61. The van der Waals surface area contributed by atoms with Crippen molar-refractivity contribution in [1.29, 1.82) is 0 Å². The summed E-state index contributed by atoms with van der Waals surface area (Å²) in [4.78, 5) is 2.69. The Morgan fingerprint density at radius 3 is 1.96 bits per heavy atom. The Labute approximate surface area is 149 Å². The van der Waals surface area contributed by atoms with Gasteiger partial charge in [-0.3, -0.25) is 4.90 Å². The lowest BCUT2D eigenvalue weighted by molar-refractivity contribution is 0.162. The Balaban J connectivity index is 1.56. The molecule has 1 N–H and O–H groups in total. The molecule has 0 aliphatic carbocycles. The smallest absolute Gasteiger partial charge is 0.0601 e. The number of benzene rings is 2. The van der Waals surface area contributed by atoms with Crippen molar-refractivity contribution in [3.05, 3.63) is 71.8 Å². The van der Waals surface area contributed by atoms with Gasteiger partial charge in [-0.1, -0.05) is 60.7 Å². The van der Waals surface area contributed by atoms with Crippen LogP contribution in [0.1, 0.15) is 30.0 Å². The molecule has 4 rings (SSSR count). The maximum Gasteiger partial charge on any atom is 0.0601 e. The van der Waals surface area contributed by atoms with Crippen LogP contribution in [0.15, 0.2) is 60.7 Å². The highest BCUT2D eigenvalue weighted by Gasteiger charge is 2.38. The average molecular weight is 339 g/mol. The zero-order chi connectivity index (χ0) is 16.2. The Hall–Kier alpha value is -1.29. The zero-order valence-corrected chi connectivity index (χ0v) is 15.0. The number of thioether (sulfide) groups is 1. The molecule has 2 aromatic carbocycles. The van der Waals surface area contributed by atoms with Crippen LogP contribution in [0.25, 0.3) is 0 Å². The lowest BCUT2D eigenvalue weighted by atomic mass is 9.90. The zero-order valence-electron chi connectivity index (χ0n) is 14.2. The molecule has 2 aliphatic heterocycles. The van der Waals surface area contributed by atoms with Crippen LogP contribution in [0, 0.1) is 0 Å². The van der Waals surface area contributed by atoms with Crippen molar-refractivity contribution in [2.45, 2.75) is 23.6 Å². The standard InChI is InChI=1S/C21H26N2S/c1-3-7-18(8-4-1)20(19-9-5-2-6-10-19)23-14-11-21(12-15-23)17-22-13-16-24-21/h1-10,20,22H,11-17H2. The van der Waals surface area contributed by atoms with E-state index in [0.29, 0.717) is 10.8 Å². The van der Waals surface area contributed by atoms with E-state index in [2.05, 4.69) is 82.6 Å². The molecule has 0 bridgehead atoms. The molecule has 1 spiro atoms. The molecule has 0 amide bonds. The lowest BCUT2D eigenvalue weighted by Crippen LogP contribution is -2.51. The largest absolute Gasteiger partial charge is 0.315 e. The molecule has 0 radical (unpaired) electrons. The van der Waals surface area contributed by atoms with Gasteiger partial charge in [0, 0.05) is 36.7 Å². The SMILES string of the molecule is c1ccc(C(c2ccccc2)N2CCC3(CC2)CNCCS3)cc1. The first-order valence-corrected chi connectivity index (χ1v) is 10.0. The highest BCUT2D eigenvalue weighted by atomic mass is 32.2. The van der Waals surface area contributed by atoms with Crippen molar-refractivity contribution in [2.75, 3.05) is 31.9 Å². The van der Waals surface area contributed by atoms with Crippen LogP contribution < -0.4 is 5.32 Å². The molecule has 2 aromatic rings. The highest BCUT2D eigenvalue weighted by molar-refractivity contribution is 8.00. The van der Waals surface area contributed by atoms with Crippen molar-refractivity contribution < 1.29 is 0 Å². The topological polar surface area (TPSA) is 15.3 Å². The van der Waals surface area contributed by atoms with E-state index in [0.717, 1.165) is 0 Å². The second kappa shape index (κ2) is 7.30. The number of nitrogens with zero attached hydrogens (tertiary/aromatic N) is 1. The van der Waals surface area contributed by atoms with Gasteiger partial charge in [0.05, 0.1) is 6.04 Å². The third kappa shape index (κ3) is 3.39. The van der Waals surface area contributed by atoms with Gasteiger partial charge < -0.3 is 5.32 Å². The highest BCUT2D eigenvalue weighted by Crippen LogP contribution is 2.40. The van der Waals surface area contributed by atoms with Gasteiger partial charge in [-0.15, -0.1) is 0 Å². The molecule has 2 fully saturated rings. The van der Waals surface area contributed by atoms with Crippen LogP contribution in [-0.4, -0.2) is 41.6 Å². The first kappa shape index (κ1) is 16.2. The Kier molecular flexibility index (Phi) is 4.93. The summed E-state index contributed by atoms with van der Waals surface area (Å²) >= 11 is 2.20. The fraction of sp³-hybridized carbons (Fsp3) is 0.429. The first-order valence-electron chi connectivity index (χ1n) is 9.05. The summed E-state index contributed by atoms with van der Waals surface area (Å²) < 4.78 is 0.479. The molecule has 0 aromatic heterocycles. The van der Waals surface area contributed by atoms with Crippen molar-refractivity contribution in [1.82, 2.24) is 10.2 Å². The van der Waals surface area contributed by atoms with Crippen molar-refractivity contribution in [3.63, 3.8) is 0 Å². The van der Waals surface area contributed by atoms with E-state index in [4.69, 9.17) is 0 Å². The fourth-order valence-electron chi connectivity index (χ4n) is 4.10. The second-order valence-corrected chi connectivity index (χ2v) is 8.53. The van der Waals surface area contributed by atoms with Crippen LogP contribution >= 0.6 is 11.8 Å². The first-order chi connectivity index (χ1) is 11.9. The minimum absolute atomic E-state index is 0.381. The number of hydrogen-bond acceptors (Lipinski definition) is 3. The van der Waals surface area contributed by atoms with Gasteiger partial charge >= 0.3 is 0 Å². The molecule has 2 heterocycles. The summed E-state index contributed by atoms with van der Waals surface area (Å²) in [6.07, 6.45) is 2.58. The van der Waals surface area contributed by atoms with Crippen LogP contribution in [0.3, 0.4) is 0 Å². The molecule has 3 heteroatoms. The molecular weight excluding hydrogens is 312 g/mol. The van der Waals surface area contributed by atoms with E-state index in [1.165, 1.54) is 55.9 Å². The van der Waals surface area contributed by atoms with Gasteiger partial charge in [-0.2, -0.15) is 11.8 Å². The van der Waals surface area contributed by atoms with Gasteiger partial charge in [0.25, 0.3) is 0 Å². The van der Waals surface area contributed by atoms with Gasteiger partial charge in [-0.05, 0) is 24.0 Å². The Morgan fingerprint density at radius 1 is 0.875 bits per heavy atom.